The van der Waals surface area contributed by atoms with Gasteiger partial charge < -0.3 is 15.4 Å². The molecule has 0 spiro atoms. The van der Waals surface area contributed by atoms with E-state index >= 15 is 0 Å². The first-order chi connectivity index (χ1) is 9.61. The van der Waals surface area contributed by atoms with Crippen molar-refractivity contribution in [2.45, 2.75) is 91.3 Å². The van der Waals surface area contributed by atoms with Crippen LogP contribution in [-0.4, -0.2) is 30.3 Å². The Hall–Kier alpha value is -0.770. The molecule has 0 aromatic rings. The summed E-state index contributed by atoms with van der Waals surface area (Å²) in [5, 5.41) is 6.67. The zero-order chi connectivity index (χ0) is 16.1. The maximum Gasteiger partial charge on any atom is 0.407 e. The smallest absolute Gasteiger partial charge is 0.407 e. The molecule has 0 heterocycles. The lowest BCUT2D eigenvalue weighted by Crippen LogP contribution is -2.45. The zero-order valence-corrected chi connectivity index (χ0v) is 14.7. The summed E-state index contributed by atoms with van der Waals surface area (Å²) in [6.45, 7) is 13.6. The number of alkyl carbamates (subject to hydrolysis) is 1. The van der Waals surface area contributed by atoms with E-state index in [4.69, 9.17) is 4.74 Å². The molecule has 0 aromatic heterocycles. The lowest BCUT2D eigenvalue weighted by Gasteiger charge is -2.33. The van der Waals surface area contributed by atoms with Gasteiger partial charge in [-0.3, -0.25) is 0 Å². The van der Waals surface area contributed by atoms with Crippen LogP contribution in [-0.2, 0) is 4.74 Å². The molecule has 1 saturated carbocycles. The van der Waals surface area contributed by atoms with Crippen molar-refractivity contribution in [1.29, 1.82) is 0 Å². The Morgan fingerprint density at radius 3 is 2.05 bits per heavy atom. The van der Waals surface area contributed by atoms with Gasteiger partial charge in [0.15, 0.2) is 0 Å². The molecule has 1 rings (SSSR count). The van der Waals surface area contributed by atoms with E-state index in [1.807, 2.05) is 20.8 Å². The van der Waals surface area contributed by atoms with E-state index in [1.165, 1.54) is 6.42 Å². The van der Waals surface area contributed by atoms with Crippen molar-refractivity contribution in [3.8, 4) is 0 Å². The van der Waals surface area contributed by atoms with Gasteiger partial charge in [-0.25, -0.2) is 4.79 Å². The van der Waals surface area contributed by atoms with Gasteiger partial charge in [0, 0.05) is 18.6 Å². The van der Waals surface area contributed by atoms with E-state index < -0.39 is 5.60 Å². The Morgan fingerprint density at radius 1 is 1.05 bits per heavy atom. The Bertz CT molecular complexity index is 326. The van der Waals surface area contributed by atoms with E-state index in [-0.39, 0.29) is 12.1 Å². The molecule has 4 nitrogen and oxygen atoms in total. The Balaban J connectivity index is 2.25. The van der Waals surface area contributed by atoms with Crippen molar-refractivity contribution < 1.29 is 9.53 Å². The van der Waals surface area contributed by atoms with Crippen molar-refractivity contribution >= 4 is 6.09 Å². The van der Waals surface area contributed by atoms with Crippen LogP contribution >= 0.6 is 0 Å². The van der Waals surface area contributed by atoms with Gasteiger partial charge in [-0.05, 0) is 58.3 Å². The lowest BCUT2D eigenvalue weighted by atomic mass is 9.87. The molecule has 0 saturated heterocycles. The molecule has 124 valence electrons. The van der Waals surface area contributed by atoms with E-state index in [2.05, 4.69) is 31.4 Å². The second-order valence-corrected chi connectivity index (χ2v) is 8.09. The van der Waals surface area contributed by atoms with Crippen LogP contribution in [0.25, 0.3) is 0 Å². The molecule has 2 N–H and O–H groups in total. The molecule has 0 aliphatic heterocycles. The van der Waals surface area contributed by atoms with E-state index in [9.17, 15) is 4.79 Å². The highest BCUT2D eigenvalue weighted by molar-refractivity contribution is 5.68. The second-order valence-electron chi connectivity index (χ2n) is 8.09. The van der Waals surface area contributed by atoms with Gasteiger partial charge in [0.1, 0.15) is 5.60 Å². The molecule has 0 unspecified atom stereocenters. The largest absolute Gasteiger partial charge is 0.444 e. The molecule has 21 heavy (non-hydrogen) atoms. The van der Waals surface area contributed by atoms with Gasteiger partial charge in [-0.1, -0.05) is 20.8 Å². The van der Waals surface area contributed by atoms with E-state index in [1.54, 1.807) is 0 Å². The highest BCUT2D eigenvalue weighted by Crippen LogP contribution is 2.22. The summed E-state index contributed by atoms with van der Waals surface area (Å²) < 4.78 is 5.31. The average Bonchev–Trinajstić information content (AvgIpc) is 2.36. The molecule has 1 aliphatic rings. The maximum atomic E-state index is 11.8. The first-order valence-corrected chi connectivity index (χ1v) is 8.34. The molecule has 1 fully saturated rings. The first-order valence-electron chi connectivity index (χ1n) is 8.34. The van der Waals surface area contributed by atoms with Crippen molar-refractivity contribution in [3.63, 3.8) is 0 Å². The van der Waals surface area contributed by atoms with Gasteiger partial charge in [0.05, 0.1) is 0 Å². The third-order valence-electron chi connectivity index (χ3n) is 4.27. The SMILES string of the molecule is CCC(C)(C)CNC1CCC(NC(=O)OC(C)(C)C)CC1. The lowest BCUT2D eigenvalue weighted by molar-refractivity contribution is 0.0489. The topological polar surface area (TPSA) is 50.4 Å². The van der Waals surface area contributed by atoms with Crippen molar-refractivity contribution in [3.05, 3.63) is 0 Å². The minimum atomic E-state index is -0.422. The summed E-state index contributed by atoms with van der Waals surface area (Å²) in [6, 6.07) is 0.851. The predicted molar refractivity (Wildman–Crippen MR) is 87.5 cm³/mol. The number of amides is 1. The summed E-state index contributed by atoms with van der Waals surface area (Å²) in [4.78, 5) is 11.8. The number of carbonyl (C=O) groups excluding carboxylic acids is 1. The van der Waals surface area contributed by atoms with Crippen molar-refractivity contribution in [2.75, 3.05) is 6.54 Å². The fourth-order valence-corrected chi connectivity index (χ4v) is 2.46. The standard InChI is InChI=1S/C17H34N2O2/c1-7-17(5,6)12-18-13-8-10-14(11-9-13)19-15(20)21-16(2,3)4/h13-14,18H,7-12H2,1-6H3,(H,19,20). The number of ether oxygens (including phenoxy) is 1. The predicted octanol–water partition coefficient (Wildman–Crippen LogP) is 3.85. The van der Waals surface area contributed by atoms with Crippen LogP contribution in [0.5, 0.6) is 0 Å². The summed E-state index contributed by atoms with van der Waals surface area (Å²) in [5.74, 6) is 0. The number of nitrogens with one attached hydrogen (secondary N) is 2. The highest BCUT2D eigenvalue weighted by atomic mass is 16.6. The Labute approximate surface area is 130 Å². The third kappa shape index (κ3) is 7.70. The van der Waals surface area contributed by atoms with Crippen LogP contribution in [0, 0.1) is 5.41 Å². The Kier molecular flexibility index (Phi) is 6.51. The second kappa shape index (κ2) is 7.48. The summed E-state index contributed by atoms with van der Waals surface area (Å²) >= 11 is 0. The van der Waals surface area contributed by atoms with Crippen LogP contribution < -0.4 is 10.6 Å². The number of hydrogen-bond donors (Lipinski definition) is 2. The molecule has 4 heteroatoms. The van der Waals surface area contributed by atoms with Crippen LogP contribution in [0.2, 0.25) is 0 Å². The molecular formula is C17H34N2O2. The van der Waals surface area contributed by atoms with Gasteiger partial charge in [0.25, 0.3) is 0 Å². The highest BCUT2D eigenvalue weighted by Gasteiger charge is 2.25. The average molecular weight is 298 g/mol. The van der Waals surface area contributed by atoms with Gasteiger partial charge in [-0.15, -0.1) is 0 Å². The van der Waals surface area contributed by atoms with Crippen LogP contribution in [0.15, 0.2) is 0 Å². The minimum absolute atomic E-state index is 0.261. The molecule has 0 bridgehead atoms. The molecule has 0 radical (unpaired) electrons. The fraction of sp³-hybridized carbons (Fsp3) is 0.941. The number of rotatable bonds is 5. The van der Waals surface area contributed by atoms with E-state index in [0.29, 0.717) is 11.5 Å². The quantitative estimate of drug-likeness (QED) is 0.810. The van der Waals surface area contributed by atoms with E-state index in [0.717, 1.165) is 32.2 Å². The fourth-order valence-electron chi connectivity index (χ4n) is 2.46. The minimum Gasteiger partial charge on any atom is -0.444 e. The molecule has 0 aromatic carbocycles. The van der Waals surface area contributed by atoms with Crippen LogP contribution in [0.4, 0.5) is 4.79 Å². The van der Waals surface area contributed by atoms with Crippen LogP contribution in [0.1, 0.15) is 73.6 Å². The normalized spacial score (nSPS) is 23.7. The monoisotopic (exact) mass is 298 g/mol. The van der Waals surface area contributed by atoms with Gasteiger partial charge in [0.2, 0.25) is 0 Å². The molecular weight excluding hydrogens is 264 g/mol. The summed E-state index contributed by atoms with van der Waals surface area (Å²) in [5.41, 5.74) is -0.0554. The van der Waals surface area contributed by atoms with Crippen LogP contribution in [0.3, 0.4) is 0 Å². The summed E-state index contributed by atoms with van der Waals surface area (Å²) in [7, 11) is 0. The van der Waals surface area contributed by atoms with Gasteiger partial charge in [-0.2, -0.15) is 0 Å². The Morgan fingerprint density at radius 2 is 1.57 bits per heavy atom. The van der Waals surface area contributed by atoms with Crippen molar-refractivity contribution in [1.82, 2.24) is 10.6 Å². The first kappa shape index (κ1) is 18.3. The maximum absolute atomic E-state index is 11.8. The number of carbonyl (C=O) groups is 1. The molecule has 1 aliphatic carbocycles. The van der Waals surface area contributed by atoms with Crippen molar-refractivity contribution in [2.24, 2.45) is 5.41 Å². The zero-order valence-electron chi connectivity index (χ0n) is 14.7. The van der Waals surface area contributed by atoms with Gasteiger partial charge >= 0.3 is 6.09 Å². The molecule has 1 amide bonds. The molecule has 0 atom stereocenters. The third-order valence-corrected chi connectivity index (χ3v) is 4.27. The summed E-state index contributed by atoms with van der Waals surface area (Å²) in [6.07, 6.45) is 5.22. The number of hydrogen-bond acceptors (Lipinski definition) is 3.